The van der Waals surface area contributed by atoms with E-state index < -0.39 is 0 Å². The number of Topliss-reactive ketones (excluding diaryl/α,β-unsaturated/α-hetero) is 1. The molecule has 0 amide bonds. The van der Waals surface area contributed by atoms with Crippen LogP contribution >= 0.6 is 0 Å². The molecule has 4 aliphatic carbocycles. The summed E-state index contributed by atoms with van der Waals surface area (Å²) in [7, 11) is 0. The lowest BCUT2D eigenvalue weighted by molar-refractivity contribution is -0.143. The van der Waals surface area contributed by atoms with Crippen molar-refractivity contribution in [3.05, 3.63) is 60.2 Å². The van der Waals surface area contributed by atoms with Crippen molar-refractivity contribution in [2.24, 2.45) is 46.3 Å². The molecule has 4 aromatic rings. The van der Waals surface area contributed by atoms with Gasteiger partial charge in [0, 0.05) is 12.0 Å². The number of fused-ring (bicyclic) bond motifs is 5. The number of hydrogen-bond donors (Lipinski definition) is 1. The molecule has 9 atom stereocenters. The van der Waals surface area contributed by atoms with Crippen LogP contribution in [0.3, 0.4) is 0 Å². The van der Waals surface area contributed by atoms with Crippen LogP contribution in [-0.4, -0.2) is 29.6 Å². The van der Waals surface area contributed by atoms with Crippen molar-refractivity contribution >= 4 is 44.1 Å². The largest absolute Gasteiger partial charge is 0.457 e. The molecular weight excluding hydrogens is 568 g/mol. The van der Waals surface area contributed by atoms with Gasteiger partial charge in [0.1, 0.15) is 0 Å². The summed E-state index contributed by atoms with van der Waals surface area (Å²) in [5.41, 5.74) is 1.39. The predicted octanol–water partition coefficient (Wildman–Crippen LogP) is 9.75. The number of carbonyl (C=O) groups excluding carboxylic acids is 2. The average Bonchev–Trinajstić information content (AvgIpc) is 3.42. The molecule has 0 heterocycles. The van der Waals surface area contributed by atoms with E-state index in [1.165, 1.54) is 61.1 Å². The summed E-state index contributed by atoms with van der Waals surface area (Å²) in [6.07, 6.45) is 12.2. The molecule has 0 saturated heterocycles. The molecule has 8 rings (SSSR count). The van der Waals surface area contributed by atoms with Gasteiger partial charge in [0.25, 0.3) is 0 Å². The van der Waals surface area contributed by atoms with E-state index >= 15 is 0 Å². The second-order valence-corrected chi connectivity index (χ2v) is 16.4. The predicted molar refractivity (Wildman–Crippen MR) is 185 cm³/mol. The molecule has 46 heavy (non-hydrogen) atoms. The summed E-state index contributed by atoms with van der Waals surface area (Å²) < 4.78 is 5.63. The summed E-state index contributed by atoms with van der Waals surface area (Å²) in [4.78, 5) is 26.4. The van der Waals surface area contributed by atoms with Crippen molar-refractivity contribution in [3.8, 4) is 0 Å². The van der Waals surface area contributed by atoms with E-state index in [0.717, 1.165) is 53.2 Å². The van der Waals surface area contributed by atoms with Gasteiger partial charge in [-0.05, 0) is 143 Å². The van der Waals surface area contributed by atoms with Crippen molar-refractivity contribution in [2.45, 2.75) is 97.5 Å². The fraction of sp³-hybridized carbons (Fsp3) is 0.571. The Labute approximate surface area is 273 Å². The fourth-order valence-corrected chi connectivity index (χ4v) is 12.0. The SMILES string of the molecule is C[C@H](CCC(=O)OCC(=O)c1ccc2ccc3cccc4ccc1c2c34)[C@H]1CC[C@H]2[C@@H]3CC[C@@H]4C[C@H](O)CC[C@]4(C)[C@H]3CC[C@]12C. The van der Waals surface area contributed by atoms with Crippen LogP contribution in [0, 0.1) is 46.3 Å². The Morgan fingerprint density at radius 2 is 1.52 bits per heavy atom. The maximum absolute atomic E-state index is 13.4. The van der Waals surface area contributed by atoms with E-state index in [0.29, 0.717) is 40.6 Å². The van der Waals surface area contributed by atoms with Gasteiger partial charge in [-0.25, -0.2) is 0 Å². The lowest BCUT2D eigenvalue weighted by atomic mass is 9.44. The Bertz CT molecular complexity index is 1780. The van der Waals surface area contributed by atoms with Crippen molar-refractivity contribution < 1.29 is 19.4 Å². The maximum atomic E-state index is 13.4. The molecule has 1 N–H and O–H groups in total. The molecule has 0 aromatic heterocycles. The first kappa shape index (κ1) is 30.4. The van der Waals surface area contributed by atoms with E-state index in [-0.39, 0.29) is 24.5 Å². The van der Waals surface area contributed by atoms with Crippen LogP contribution in [0.4, 0.5) is 0 Å². The first-order valence-corrected chi connectivity index (χ1v) is 18.2. The zero-order chi connectivity index (χ0) is 31.8. The highest BCUT2D eigenvalue weighted by atomic mass is 16.5. The number of rotatable bonds is 7. The summed E-state index contributed by atoms with van der Waals surface area (Å²) >= 11 is 0. The Morgan fingerprint density at radius 1 is 0.826 bits per heavy atom. The average molecular weight is 619 g/mol. The fourth-order valence-electron chi connectivity index (χ4n) is 12.0. The molecule has 0 unspecified atom stereocenters. The minimum Gasteiger partial charge on any atom is -0.457 e. The first-order chi connectivity index (χ1) is 22.2. The molecule has 4 saturated carbocycles. The van der Waals surface area contributed by atoms with Gasteiger partial charge in [0.05, 0.1) is 6.10 Å². The lowest BCUT2D eigenvalue weighted by Gasteiger charge is -2.61. The zero-order valence-electron chi connectivity index (χ0n) is 27.9. The molecule has 4 nitrogen and oxygen atoms in total. The number of benzene rings is 4. The minimum atomic E-state index is -0.257. The monoisotopic (exact) mass is 618 g/mol. The third kappa shape index (κ3) is 4.72. The number of ether oxygens (including phenoxy) is 1. The maximum Gasteiger partial charge on any atom is 0.306 e. The van der Waals surface area contributed by atoms with Gasteiger partial charge in [0.2, 0.25) is 5.78 Å². The van der Waals surface area contributed by atoms with Gasteiger partial charge in [-0.3, -0.25) is 9.59 Å². The highest BCUT2D eigenvalue weighted by molar-refractivity contribution is 6.26. The molecule has 4 heteroatoms. The third-order valence-corrected chi connectivity index (χ3v) is 14.4. The molecular formula is C42H50O4. The lowest BCUT2D eigenvalue weighted by Crippen LogP contribution is -2.54. The number of esters is 1. The van der Waals surface area contributed by atoms with Crippen molar-refractivity contribution in [3.63, 3.8) is 0 Å². The van der Waals surface area contributed by atoms with Crippen LogP contribution in [0.15, 0.2) is 54.6 Å². The summed E-state index contributed by atoms with van der Waals surface area (Å²) in [6, 6.07) is 18.6. The third-order valence-electron chi connectivity index (χ3n) is 14.4. The topological polar surface area (TPSA) is 63.6 Å². The van der Waals surface area contributed by atoms with E-state index in [2.05, 4.69) is 57.2 Å². The Hall–Kier alpha value is -2.98. The van der Waals surface area contributed by atoms with Crippen LogP contribution in [0.5, 0.6) is 0 Å². The van der Waals surface area contributed by atoms with Crippen LogP contribution < -0.4 is 0 Å². The molecule has 242 valence electrons. The van der Waals surface area contributed by atoms with Crippen molar-refractivity contribution in [1.82, 2.24) is 0 Å². The van der Waals surface area contributed by atoms with E-state index in [4.69, 9.17) is 4.74 Å². The number of ketones is 1. The normalized spacial score (nSPS) is 34.7. The number of aliphatic hydroxyl groups excluding tert-OH is 1. The van der Waals surface area contributed by atoms with Crippen molar-refractivity contribution in [2.75, 3.05) is 6.61 Å². The quantitative estimate of drug-likeness (QED) is 0.127. The van der Waals surface area contributed by atoms with Crippen molar-refractivity contribution in [1.29, 1.82) is 0 Å². The summed E-state index contributed by atoms with van der Waals surface area (Å²) in [5, 5.41) is 17.1. The molecule has 4 fully saturated rings. The number of hydrogen-bond acceptors (Lipinski definition) is 4. The second kappa shape index (κ2) is 11.3. The Kier molecular flexibility index (Phi) is 7.47. The minimum absolute atomic E-state index is 0.0856. The Balaban J connectivity index is 0.894. The molecule has 4 aromatic carbocycles. The van der Waals surface area contributed by atoms with Crippen LogP contribution in [-0.2, 0) is 9.53 Å². The molecule has 0 spiro atoms. The molecule has 4 aliphatic rings. The second-order valence-electron chi connectivity index (χ2n) is 16.4. The van der Waals surface area contributed by atoms with Crippen LogP contribution in [0.1, 0.15) is 102 Å². The van der Waals surface area contributed by atoms with Gasteiger partial charge in [-0.2, -0.15) is 0 Å². The van der Waals surface area contributed by atoms with Gasteiger partial charge in [-0.1, -0.05) is 75.4 Å². The summed E-state index contributed by atoms with van der Waals surface area (Å²) in [6.45, 7) is 7.29. The van der Waals surface area contributed by atoms with Crippen LogP contribution in [0.2, 0.25) is 0 Å². The molecule has 0 bridgehead atoms. The van der Waals surface area contributed by atoms with E-state index in [1.54, 1.807) is 0 Å². The molecule has 0 aliphatic heterocycles. The zero-order valence-corrected chi connectivity index (χ0v) is 27.9. The highest BCUT2D eigenvalue weighted by Crippen LogP contribution is 2.68. The van der Waals surface area contributed by atoms with E-state index in [9.17, 15) is 14.7 Å². The smallest absolute Gasteiger partial charge is 0.306 e. The highest BCUT2D eigenvalue weighted by Gasteiger charge is 2.60. The van der Waals surface area contributed by atoms with Gasteiger partial charge in [0.15, 0.2) is 6.61 Å². The first-order valence-electron chi connectivity index (χ1n) is 18.2. The van der Waals surface area contributed by atoms with E-state index in [1.807, 2.05) is 18.2 Å². The standard InChI is InChI=1S/C42H50O4/c1-25(34-16-17-35-33-15-12-29-23-30(43)19-21-41(29,2)36(33)20-22-42(34,35)3)7-18-38(45)46-24-37(44)31-13-10-28-9-8-26-5-4-6-27-11-14-32(31)40(28)39(26)27/h4-6,8-11,13-14,25,29-30,33-36,43H,7,12,15-24H2,1-3H3/t25-,29-,30-,33+,34-,35+,36+,41+,42-/m1/s1. The molecule has 0 radical (unpaired) electrons. The Morgan fingerprint density at radius 3 is 2.33 bits per heavy atom. The number of carbonyl (C=O) groups is 2. The number of aliphatic hydroxyl groups is 1. The van der Waals surface area contributed by atoms with Gasteiger partial charge in [-0.15, -0.1) is 0 Å². The van der Waals surface area contributed by atoms with Gasteiger partial charge < -0.3 is 9.84 Å². The van der Waals surface area contributed by atoms with Crippen LogP contribution in [0.25, 0.3) is 32.3 Å². The van der Waals surface area contributed by atoms with Gasteiger partial charge >= 0.3 is 5.97 Å². The summed E-state index contributed by atoms with van der Waals surface area (Å²) in [5.74, 6) is 3.83.